The van der Waals surface area contributed by atoms with Crippen LogP contribution in [0.25, 0.3) is 0 Å². The Morgan fingerprint density at radius 3 is 2.34 bits per heavy atom. The van der Waals surface area contributed by atoms with Gasteiger partial charge >= 0.3 is 0 Å². The second-order valence-electron chi connectivity index (χ2n) is 9.26. The summed E-state index contributed by atoms with van der Waals surface area (Å²) in [4.78, 5) is 2.42. The molecule has 0 spiro atoms. The molecule has 1 aliphatic heterocycles. The summed E-state index contributed by atoms with van der Waals surface area (Å²) in [5, 5.41) is 0. The van der Waals surface area contributed by atoms with E-state index in [-0.39, 0.29) is 5.82 Å². The van der Waals surface area contributed by atoms with Gasteiger partial charge in [0.15, 0.2) is 0 Å². The van der Waals surface area contributed by atoms with Crippen LogP contribution in [0.5, 0.6) is 0 Å². The van der Waals surface area contributed by atoms with Gasteiger partial charge in [-0.3, -0.25) is 0 Å². The Kier molecular flexibility index (Phi) is 6.44. The Morgan fingerprint density at radius 1 is 1.00 bits per heavy atom. The zero-order valence-corrected chi connectivity index (χ0v) is 18.4. The van der Waals surface area contributed by atoms with Crippen molar-refractivity contribution in [3.8, 4) is 0 Å². The Morgan fingerprint density at radius 2 is 1.69 bits per heavy atom. The van der Waals surface area contributed by atoms with Gasteiger partial charge in [0.05, 0.1) is 31.4 Å². The number of allylic oxidation sites excluding steroid dienone is 2. The maximum absolute atomic E-state index is 14.8. The highest BCUT2D eigenvalue weighted by atomic mass is 19.1. The lowest BCUT2D eigenvalue weighted by Gasteiger charge is -2.47. The molecule has 1 aromatic carbocycles. The van der Waals surface area contributed by atoms with Gasteiger partial charge in [0.25, 0.3) is 0 Å². The van der Waals surface area contributed by atoms with E-state index in [1.807, 2.05) is 18.2 Å². The lowest BCUT2D eigenvalue weighted by Crippen LogP contribution is -2.58. The second kappa shape index (κ2) is 9.04. The molecular formula is C26H38FN2+. The van der Waals surface area contributed by atoms with Gasteiger partial charge in [0.2, 0.25) is 0 Å². The van der Waals surface area contributed by atoms with Crippen LogP contribution in [0.1, 0.15) is 65.2 Å². The summed E-state index contributed by atoms with van der Waals surface area (Å²) >= 11 is 0. The summed E-state index contributed by atoms with van der Waals surface area (Å²) in [5.74, 6) is -0.0688. The minimum Gasteiger partial charge on any atom is -0.365 e. The number of piperidine rings is 1. The number of rotatable bonds is 7. The molecule has 0 amide bonds. The van der Waals surface area contributed by atoms with E-state index in [0.29, 0.717) is 6.04 Å². The summed E-state index contributed by atoms with van der Waals surface area (Å²) in [6, 6.07) is 8.54. The molecule has 2 nitrogen and oxygen atoms in total. The zero-order valence-electron chi connectivity index (χ0n) is 18.4. The van der Waals surface area contributed by atoms with E-state index in [1.165, 1.54) is 73.8 Å². The third-order valence-electron chi connectivity index (χ3n) is 8.00. The molecule has 1 saturated heterocycles. The molecule has 2 fully saturated rings. The first-order chi connectivity index (χ1) is 14.2. The van der Waals surface area contributed by atoms with E-state index >= 15 is 0 Å². The first-order valence-electron chi connectivity index (χ1n) is 11.9. The van der Waals surface area contributed by atoms with Crippen molar-refractivity contribution in [2.24, 2.45) is 0 Å². The van der Waals surface area contributed by atoms with E-state index in [1.54, 1.807) is 6.07 Å². The van der Waals surface area contributed by atoms with Gasteiger partial charge in [0.1, 0.15) is 5.82 Å². The first-order valence-corrected chi connectivity index (χ1v) is 11.9. The number of hydrogen-bond acceptors (Lipinski definition) is 1. The van der Waals surface area contributed by atoms with Gasteiger partial charge < -0.3 is 9.38 Å². The quantitative estimate of drug-likeness (QED) is 0.492. The van der Waals surface area contributed by atoms with Crippen molar-refractivity contribution < 1.29 is 8.87 Å². The highest BCUT2D eigenvalue weighted by Crippen LogP contribution is 2.39. The number of benzene rings is 1. The molecule has 0 bridgehead atoms. The molecule has 29 heavy (non-hydrogen) atoms. The minimum atomic E-state index is -0.0688. The third-order valence-corrected chi connectivity index (χ3v) is 8.00. The summed E-state index contributed by atoms with van der Waals surface area (Å²) in [6.45, 7) is 9.46. The molecule has 1 aromatic rings. The fourth-order valence-electron chi connectivity index (χ4n) is 6.22. The number of likely N-dealkylation sites (tertiary alicyclic amines) is 1. The van der Waals surface area contributed by atoms with E-state index in [9.17, 15) is 4.39 Å². The Hall–Kier alpha value is -1.61. The molecule has 158 valence electrons. The molecule has 0 aromatic heterocycles. The SMILES string of the molecule is CC[N+]1(CC)CCCCC1CCN(c1ccccc1F)C1CC2=CCCC=C2C1. The molecule has 3 heteroatoms. The highest BCUT2D eigenvalue weighted by Gasteiger charge is 2.38. The number of nitrogens with zero attached hydrogens (tertiary/aromatic N) is 2. The summed E-state index contributed by atoms with van der Waals surface area (Å²) < 4.78 is 16.1. The van der Waals surface area contributed by atoms with Crippen LogP contribution in [0.2, 0.25) is 0 Å². The molecule has 0 N–H and O–H groups in total. The van der Waals surface area contributed by atoms with Gasteiger partial charge in [-0.05, 0) is 82.1 Å². The van der Waals surface area contributed by atoms with Crippen LogP contribution in [0.3, 0.4) is 0 Å². The van der Waals surface area contributed by atoms with E-state index in [4.69, 9.17) is 0 Å². The molecule has 1 unspecified atom stereocenters. The summed E-state index contributed by atoms with van der Waals surface area (Å²) in [5.41, 5.74) is 3.85. The second-order valence-corrected chi connectivity index (χ2v) is 9.26. The first kappa shape index (κ1) is 20.7. The standard InChI is InChI=1S/C26H38FN2/c1-3-29(4-2)18-10-9-13-24(29)16-17-28(26-15-8-7-14-25(26)27)23-19-21-11-5-6-12-22(21)20-23/h7-8,11-12,14-15,23-24H,3-6,9-10,13,16-20H2,1-2H3/q+1. The lowest BCUT2D eigenvalue weighted by molar-refractivity contribution is -0.953. The summed E-state index contributed by atoms with van der Waals surface area (Å²) in [6.07, 6.45) is 14.5. The van der Waals surface area contributed by atoms with Crippen LogP contribution < -0.4 is 4.90 Å². The van der Waals surface area contributed by atoms with Crippen molar-refractivity contribution in [2.75, 3.05) is 31.1 Å². The van der Waals surface area contributed by atoms with Crippen LogP contribution in [0, 0.1) is 5.82 Å². The Balaban J connectivity index is 1.56. The normalized spacial score (nSPS) is 24.0. The highest BCUT2D eigenvalue weighted by molar-refractivity contribution is 5.52. The number of para-hydroxylation sites is 1. The van der Waals surface area contributed by atoms with Crippen LogP contribution in [-0.4, -0.2) is 42.7 Å². The Bertz CT molecular complexity index is 740. The topological polar surface area (TPSA) is 3.24 Å². The van der Waals surface area contributed by atoms with Gasteiger partial charge in [-0.1, -0.05) is 24.3 Å². The van der Waals surface area contributed by atoms with Crippen molar-refractivity contribution in [3.63, 3.8) is 0 Å². The number of halogens is 1. The Labute approximate surface area is 176 Å². The van der Waals surface area contributed by atoms with E-state index in [2.05, 4.69) is 30.9 Å². The molecule has 1 atom stereocenters. The van der Waals surface area contributed by atoms with Crippen LogP contribution in [0.15, 0.2) is 47.6 Å². The van der Waals surface area contributed by atoms with Gasteiger partial charge in [-0.25, -0.2) is 4.39 Å². The van der Waals surface area contributed by atoms with Crippen LogP contribution >= 0.6 is 0 Å². The predicted octanol–water partition coefficient (Wildman–Crippen LogP) is 6.24. The molecular weight excluding hydrogens is 359 g/mol. The van der Waals surface area contributed by atoms with Gasteiger partial charge in [0, 0.05) is 19.0 Å². The lowest BCUT2D eigenvalue weighted by atomic mass is 9.94. The smallest absolute Gasteiger partial charge is 0.146 e. The zero-order chi connectivity index (χ0) is 20.3. The number of hydrogen-bond donors (Lipinski definition) is 0. The molecule has 1 saturated carbocycles. The molecule has 2 aliphatic carbocycles. The third kappa shape index (κ3) is 4.17. The predicted molar refractivity (Wildman–Crippen MR) is 121 cm³/mol. The van der Waals surface area contributed by atoms with Crippen molar-refractivity contribution in [1.29, 1.82) is 0 Å². The largest absolute Gasteiger partial charge is 0.365 e. The molecule has 1 heterocycles. The van der Waals surface area contributed by atoms with Crippen LogP contribution in [0.4, 0.5) is 10.1 Å². The maximum Gasteiger partial charge on any atom is 0.146 e. The number of anilines is 1. The van der Waals surface area contributed by atoms with E-state index < -0.39 is 0 Å². The molecule has 3 aliphatic rings. The average Bonchev–Trinajstić information content (AvgIpc) is 3.19. The minimum absolute atomic E-state index is 0.0688. The monoisotopic (exact) mass is 397 g/mol. The van der Waals surface area contributed by atoms with Crippen molar-refractivity contribution >= 4 is 5.69 Å². The van der Waals surface area contributed by atoms with Crippen molar-refractivity contribution in [3.05, 3.63) is 53.4 Å². The van der Waals surface area contributed by atoms with Gasteiger partial charge in [-0.2, -0.15) is 0 Å². The summed E-state index contributed by atoms with van der Waals surface area (Å²) in [7, 11) is 0. The number of quaternary nitrogens is 1. The fourth-order valence-corrected chi connectivity index (χ4v) is 6.22. The van der Waals surface area contributed by atoms with Crippen LogP contribution in [-0.2, 0) is 0 Å². The molecule has 0 radical (unpaired) electrons. The fraction of sp³-hybridized carbons (Fsp3) is 0.615. The average molecular weight is 398 g/mol. The maximum atomic E-state index is 14.8. The number of fused-ring (bicyclic) bond motifs is 1. The van der Waals surface area contributed by atoms with Crippen molar-refractivity contribution in [1.82, 2.24) is 0 Å². The van der Waals surface area contributed by atoms with E-state index in [0.717, 1.165) is 31.1 Å². The van der Waals surface area contributed by atoms with Gasteiger partial charge in [-0.15, -0.1) is 0 Å². The van der Waals surface area contributed by atoms with Crippen molar-refractivity contribution in [2.45, 2.75) is 77.3 Å². The molecule has 4 rings (SSSR count).